The highest BCUT2D eigenvalue weighted by atomic mass is 14.8. The number of aromatic nitrogens is 8. The molecule has 0 amide bonds. The molecule has 0 fully saturated rings. The maximum atomic E-state index is 5.72. The summed E-state index contributed by atoms with van der Waals surface area (Å²) in [7, 11) is 0. The highest BCUT2D eigenvalue weighted by Crippen LogP contribution is 2.45. The minimum absolute atomic E-state index is 0.816. The van der Waals surface area contributed by atoms with Crippen molar-refractivity contribution in [2.24, 2.45) is 0 Å². The average molecular weight is 1230 g/mol. The van der Waals surface area contributed by atoms with E-state index in [1.165, 1.54) is 0 Å². The first-order valence-electron chi connectivity index (χ1n) is 32.4. The van der Waals surface area contributed by atoms with Crippen molar-refractivity contribution in [2.75, 3.05) is 0 Å². The largest absolute Gasteiger partial charge is 0.354 e. The molecule has 4 aliphatic heterocycles. The summed E-state index contributed by atoms with van der Waals surface area (Å²) in [6, 6.07) is 98.5. The second-order valence-electron chi connectivity index (χ2n) is 24.3. The Kier molecular flexibility index (Phi) is 13.7. The molecule has 0 spiro atoms. The third-order valence-electron chi connectivity index (χ3n) is 18.5. The van der Waals surface area contributed by atoms with Gasteiger partial charge in [-0.05, 0) is 147 Å². The zero-order valence-corrected chi connectivity index (χ0v) is 52.0. The van der Waals surface area contributed by atoms with Crippen molar-refractivity contribution in [2.45, 2.75) is 0 Å². The number of H-pyrrole nitrogens is 4. The number of hydrogen-bond acceptors (Lipinski definition) is 4. The molecule has 8 heteroatoms. The summed E-state index contributed by atoms with van der Waals surface area (Å²) in [6.45, 7) is 0. The van der Waals surface area contributed by atoms with E-state index >= 15 is 0 Å². The SMILES string of the molecule is C1=Cc2nc1c(-c1ccccc1)c1ccc([nH]1)c(-c1ccccc1)c1nc(c(-c3cccc(-c4cc5[nH]c4c(-c4ccccc4)c4nc(c(-c6ccccc6)c6ccc([nH]6)c(-c6ccccc6)c6nc(c5-c5ccccc5)C=C6)C=C4)c3)c3ccc([nH]3)c2-c2ccccc2)C=C1. The smallest absolute Gasteiger partial charge is 0.0737 e. The summed E-state index contributed by atoms with van der Waals surface area (Å²) in [6.07, 6.45) is 17.3. The van der Waals surface area contributed by atoms with Gasteiger partial charge in [-0.1, -0.05) is 231 Å². The van der Waals surface area contributed by atoms with Gasteiger partial charge in [0.2, 0.25) is 0 Å². The lowest BCUT2D eigenvalue weighted by atomic mass is 9.95. The summed E-state index contributed by atoms with van der Waals surface area (Å²) in [5.74, 6) is 0. The van der Waals surface area contributed by atoms with Crippen molar-refractivity contribution in [3.8, 4) is 100 Å². The van der Waals surface area contributed by atoms with E-state index in [0.717, 1.165) is 190 Å². The highest BCUT2D eigenvalue weighted by molar-refractivity contribution is 6.06. The van der Waals surface area contributed by atoms with E-state index in [0.29, 0.717) is 0 Å². The van der Waals surface area contributed by atoms with Gasteiger partial charge in [0.15, 0.2) is 0 Å². The standard InChI is InChI=1S/C88H58N8/c1-8-23-55(24-9-1)80-65-39-41-68(89-65)82(57-27-12-3-13-28-57)72-46-49-76(93-72)86(77-50-47-73(94-77)83(58-29-14-4-15-30-58)69-42-40-66(80)90-69)63-38-22-37-62(53-63)64-54-79-85(60-33-18-6-19-34-60)75-48-45-71(92-75)81(56-25-10-2-11-26-56)67-43-44-70(91-67)84(59-31-16-5-17-32-59)74-51-52-78(95-74)87(88(64)96-79)61-35-20-7-21-36-61/h1-54,89,91,94,96H. The fourth-order valence-corrected chi connectivity index (χ4v) is 14.2. The predicted octanol–water partition coefficient (Wildman–Crippen LogP) is 22.6. The van der Waals surface area contributed by atoms with Gasteiger partial charge in [-0.3, -0.25) is 0 Å². The second kappa shape index (κ2) is 23.6. The molecule has 14 aromatic rings. The first kappa shape index (κ1) is 55.8. The maximum Gasteiger partial charge on any atom is 0.0737 e. The van der Waals surface area contributed by atoms with E-state index in [1.54, 1.807) is 0 Å². The Morgan fingerprint density at radius 2 is 0.385 bits per heavy atom. The fraction of sp³-hybridized carbons (Fsp3) is 0. The zero-order chi connectivity index (χ0) is 63.5. The Morgan fingerprint density at radius 3 is 0.667 bits per heavy atom. The lowest BCUT2D eigenvalue weighted by Crippen LogP contribution is -1.90. The molecule has 4 N–H and O–H groups in total. The molecule has 0 unspecified atom stereocenters. The van der Waals surface area contributed by atoms with Crippen molar-refractivity contribution in [3.05, 3.63) is 325 Å². The van der Waals surface area contributed by atoms with Gasteiger partial charge in [0.05, 0.1) is 51.1 Å². The number of nitrogens with zero attached hydrogens (tertiary/aromatic N) is 4. The monoisotopic (exact) mass is 1230 g/mol. The van der Waals surface area contributed by atoms with Gasteiger partial charge in [-0.15, -0.1) is 0 Å². The number of rotatable bonds is 9. The van der Waals surface area contributed by atoms with Crippen LogP contribution in [0.2, 0.25) is 0 Å². The normalized spacial score (nSPS) is 12.2. The first-order valence-corrected chi connectivity index (χ1v) is 32.4. The van der Waals surface area contributed by atoms with Gasteiger partial charge in [-0.25, -0.2) is 19.9 Å². The highest BCUT2D eigenvalue weighted by Gasteiger charge is 2.24. The van der Waals surface area contributed by atoms with Crippen molar-refractivity contribution < 1.29 is 0 Å². The predicted molar refractivity (Wildman–Crippen MR) is 400 cm³/mol. The van der Waals surface area contributed by atoms with Crippen molar-refractivity contribution in [1.82, 2.24) is 39.9 Å². The third kappa shape index (κ3) is 9.96. The summed E-state index contributed by atoms with van der Waals surface area (Å²) in [5.41, 5.74) is 32.2. The molecule has 0 saturated carbocycles. The first-order chi connectivity index (χ1) is 47.6. The quantitative estimate of drug-likeness (QED) is 0.115. The van der Waals surface area contributed by atoms with Gasteiger partial charge >= 0.3 is 0 Å². The molecule has 4 aliphatic rings. The van der Waals surface area contributed by atoms with Crippen molar-refractivity contribution >= 4 is 92.7 Å². The topological polar surface area (TPSA) is 115 Å². The van der Waals surface area contributed by atoms with E-state index in [9.17, 15) is 0 Å². The van der Waals surface area contributed by atoms with Crippen LogP contribution < -0.4 is 0 Å². The number of aromatic amines is 4. The van der Waals surface area contributed by atoms with Crippen LogP contribution in [0.5, 0.6) is 0 Å². The Labute approximate surface area is 554 Å². The molecule has 450 valence electrons. The minimum atomic E-state index is 0.816. The Morgan fingerprint density at radius 1 is 0.167 bits per heavy atom. The molecular weight excluding hydrogens is 1170 g/mol. The van der Waals surface area contributed by atoms with Gasteiger partial charge in [0.1, 0.15) is 0 Å². The molecule has 0 aliphatic carbocycles. The molecule has 16 bridgehead atoms. The van der Waals surface area contributed by atoms with E-state index < -0.39 is 0 Å². The number of benzene rings is 8. The molecule has 0 radical (unpaired) electrons. The molecular formula is C88H58N8. The van der Waals surface area contributed by atoms with Crippen LogP contribution >= 0.6 is 0 Å². The molecule has 8 nitrogen and oxygen atoms in total. The van der Waals surface area contributed by atoms with Crippen molar-refractivity contribution in [1.29, 1.82) is 0 Å². The zero-order valence-electron chi connectivity index (χ0n) is 52.0. The fourth-order valence-electron chi connectivity index (χ4n) is 14.2. The van der Waals surface area contributed by atoms with E-state index in [4.69, 9.17) is 19.9 Å². The Hall–Kier alpha value is -13.0. The summed E-state index contributed by atoms with van der Waals surface area (Å²) < 4.78 is 0. The maximum absolute atomic E-state index is 5.72. The number of fused-ring (bicyclic) bond motifs is 16. The Bertz CT molecular complexity index is 5860. The van der Waals surface area contributed by atoms with Gasteiger partial charge in [-0.2, -0.15) is 0 Å². The van der Waals surface area contributed by atoms with Crippen LogP contribution in [0, 0.1) is 0 Å². The number of nitrogens with one attached hydrogen (secondary N) is 4. The average Bonchev–Trinajstić information content (AvgIpc) is 1.60. The van der Waals surface area contributed by atoms with E-state index in [-0.39, 0.29) is 0 Å². The summed E-state index contributed by atoms with van der Waals surface area (Å²) in [5, 5.41) is 0. The van der Waals surface area contributed by atoms with Gasteiger partial charge in [0.25, 0.3) is 0 Å². The molecule has 6 aromatic heterocycles. The lowest BCUT2D eigenvalue weighted by Gasteiger charge is -2.10. The summed E-state index contributed by atoms with van der Waals surface area (Å²) in [4.78, 5) is 38.6. The van der Waals surface area contributed by atoms with Crippen LogP contribution in [0.25, 0.3) is 193 Å². The van der Waals surface area contributed by atoms with Crippen molar-refractivity contribution in [3.63, 3.8) is 0 Å². The van der Waals surface area contributed by atoms with E-state index in [2.05, 4.69) is 348 Å². The molecule has 8 aromatic carbocycles. The van der Waals surface area contributed by atoms with Crippen LogP contribution in [0.1, 0.15) is 45.6 Å². The Balaban J connectivity index is 0.954. The molecule has 0 saturated heterocycles. The minimum Gasteiger partial charge on any atom is -0.354 e. The van der Waals surface area contributed by atoms with Gasteiger partial charge in [0, 0.05) is 88.7 Å². The lowest BCUT2D eigenvalue weighted by molar-refractivity contribution is 1.31. The third-order valence-corrected chi connectivity index (χ3v) is 18.5. The van der Waals surface area contributed by atoms with Crippen LogP contribution in [0.4, 0.5) is 0 Å². The van der Waals surface area contributed by atoms with Gasteiger partial charge < -0.3 is 19.9 Å². The van der Waals surface area contributed by atoms with Crippen LogP contribution in [-0.4, -0.2) is 39.9 Å². The number of hydrogen-bond donors (Lipinski definition) is 4. The molecule has 18 rings (SSSR count). The van der Waals surface area contributed by atoms with Crippen LogP contribution in [-0.2, 0) is 0 Å². The van der Waals surface area contributed by atoms with Crippen LogP contribution in [0.15, 0.2) is 279 Å². The van der Waals surface area contributed by atoms with E-state index in [1.807, 2.05) is 0 Å². The second-order valence-corrected chi connectivity index (χ2v) is 24.3. The molecule has 0 atom stereocenters. The summed E-state index contributed by atoms with van der Waals surface area (Å²) >= 11 is 0. The molecule has 10 heterocycles. The molecule has 96 heavy (non-hydrogen) atoms. The van der Waals surface area contributed by atoms with Crippen LogP contribution in [0.3, 0.4) is 0 Å².